The van der Waals surface area contributed by atoms with Crippen molar-refractivity contribution in [3.63, 3.8) is 0 Å². The maximum atomic E-state index is 10.8. The summed E-state index contributed by atoms with van der Waals surface area (Å²) in [4.78, 5) is 23.5. The number of hydrogen-bond acceptors (Lipinski definition) is 5. The van der Waals surface area contributed by atoms with E-state index in [1.54, 1.807) is 54.6 Å². The van der Waals surface area contributed by atoms with Crippen molar-refractivity contribution in [3.8, 4) is 23.0 Å². The van der Waals surface area contributed by atoms with E-state index in [1.165, 1.54) is 0 Å². The second-order valence-electron chi connectivity index (χ2n) is 6.13. The normalized spacial score (nSPS) is 10.1. The van der Waals surface area contributed by atoms with Crippen molar-refractivity contribution in [1.82, 2.24) is 0 Å². The first-order valence-corrected chi connectivity index (χ1v) is 8.36. The van der Waals surface area contributed by atoms with Crippen molar-refractivity contribution < 1.29 is 19.1 Å². The molecule has 0 N–H and O–H groups in total. The van der Waals surface area contributed by atoms with Gasteiger partial charge in [0.05, 0.1) is 0 Å². The van der Waals surface area contributed by atoms with Crippen LogP contribution in [0.15, 0.2) is 66.7 Å². The van der Waals surface area contributed by atoms with Gasteiger partial charge in [-0.1, -0.05) is 0 Å². The van der Waals surface area contributed by atoms with Crippen molar-refractivity contribution >= 4 is 18.3 Å². The van der Waals surface area contributed by atoms with E-state index < -0.39 is 0 Å². The van der Waals surface area contributed by atoms with Gasteiger partial charge in [0, 0.05) is 49.1 Å². The van der Waals surface area contributed by atoms with Gasteiger partial charge in [0.25, 0.3) is 0 Å². The number of carbonyl (C=O) groups is 2. The van der Waals surface area contributed by atoms with E-state index in [0.29, 0.717) is 34.1 Å². The second-order valence-corrected chi connectivity index (χ2v) is 6.13. The molecule has 0 amide bonds. The minimum atomic E-state index is 0.590. The fraction of sp³-hybridized carbons (Fsp3) is 0.0909. The monoisotopic (exact) mass is 361 g/mol. The van der Waals surface area contributed by atoms with Gasteiger partial charge < -0.3 is 14.4 Å². The summed E-state index contributed by atoms with van der Waals surface area (Å²) in [5.74, 6) is 2.47. The SMILES string of the molecule is CN(C)c1cc(Oc2ccc(C=O)cc2)cc(Oc2ccc(C=O)cc2)c1. The lowest BCUT2D eigenvalue weighted by atomic mass is 10.2. The Kier molecular flexibility index (Phi) is 5.52. The number of hydrogen-bond donors (Lipinski definition) is 0. The maximum absolute atomic E-state index is 10.8. The summed E-state index contributed by atoms with van der Waals surface area (Å²) in [6.07, 6.45) is 1.58. The summed E-state index contributed by atoms with van der Waals surface area (Å²) in [7, 11) is 3.86. The van der Waals surface area contributed by atoms with E-state index in [9.17, 15) is 9.59 Å². The van der Waals surface area contributed by atoms with Crippen molar-refractivity contribution in [1.29, 1.82) is 0 Å². The highest BCUT2D eigenvalue weighted by atomic mass is 16.5. The molecule has 136 valence electrons. The predicted octanol–water partition coefficient (Wildman–Crippen LogP) is 4.96. The lowest BCUT2D eigenvalue weighted by molar-refractivity contribution is 0.111. The zero-order chi connectivity index (χ0) is 19.2. The molecule has 0 aliphatic carbocycles. The zero-order valence-corrected chi connectivity index (χ0v) is 15.1. The van der Waals surface area contributed by atoms with Crippen molar-refractivity contribution in [2.24, 2.45) is 0 Å². The van der Waals surface area contributed by atoms with Crippen LogP contribution in [0.25, 0.3) is 0 Å². The van der Waals surface area contributed by atoms with E-state index in [0.717, 1.165) is 18.3 Å². The minimum Gasteiger partial charge on any atom is -0.457 e. The highest BCUT2D eigenvalue weighted by Gasteiger charge is 2.08. The van der Waals surface area contributed by atoms with E-state index in [2.05, 4.69) is 0 Å². The van der Waals surface area contributed by atoms with Crippen LogP contribution in [-0.2, 0) is 0 Å². The number of nitrogens with zero attached hydrogens (tertiary/aromatic N) is 1. The molecule has 0 saturated carbocycles. The van der Waals surface area contributed by atoms with Gasteiger partial charge in [0.2, 0.25) is 0 Å². The lowest BCUT2D eigenvalue weighted by Gasteiger charge is -2.17. The third-order valence-electron chi connectivity index (χ3n) is 3.88. The van der Waals surface area contributed by atoms with Crippen LogP contribution in [-0.4, -0.2) is 26.7 Å². The first-order valence-electron chi connectivity index (χ1n) is 8.36. The maximum Gasteiger partial charge on any atom is 0.150 e. The van der Waals surface area contributed by atoms with Gasteiger partial charge in [-0.15, -0.1) is 0 Å². The molecular formula is C22H19NO4. The topological polar surface area (TPSA) is 55.8 Å². The third-order valence-corrected chi connectivity index (χ3v) is 3.88. The smallest absolute Gasteiger partial charge is 0.150 e. The Morgan fingerprint density at radius 3 is 1.37 bits per heavy atom. The van der Waals surface area contributed by atoms with Gasteiger partial charge in [-0.3, -0.25) is 9.59 Å². The summed E-state index contributed by atoms with van der Waals surface area (Å²) in [5, 5.41) is 0. The molecule has 0 aliphatic rings. The summed E-state index contributed by atoms with van der Waals surface area (Å²) in [6, 6.07) is 19.3. The van der Waals surface area contributed by atoms with E-state index in [4.69, 9.17) is 9.47 Å². The molecule has 0 saturated heterocycles. The number of ether oxygens (including phenoxy) is 2. The number of rotatable bonds is 7. The van der Waals surface area contributed by atoms with Crippen molar-refractivity contribution in [2.75, 3.05) is 19.0 Å². The molecule has 0 unspecified atom stereocenters. The number of anilines is 1. The van der Waals surface area contributed by atoms with Gasteiger partial charge >= 0.3 is 0 Å². The largest absolute Gasteiger partial charge is 0.457 e. The van der Waals surface area contributed by atoms with Crippen molar-refractivity contribution in [3.05, 3.63) is 77.9 Å². The molecule has 27 heavy (non-hydrogen) atoms. The molecule has 0 radical (unpaired) electrons. The Bertz CT molecular complexity index is 860. The fourth-order valence-corrected chi connectivity index (χ4v) is 2.43. The minimum absolute atomic E-state index is 0.590. The van der Waals surface area contributed by atoms with E-state index >= 15 is 0 Å². The molecule has 0 bridgehead atoms. The van der Waals surface area contributed by atoms with Gasteiger partial charge in [0.1, 0.15) is 35.6 Å². The molecule has 5 nitrogen and oxygen atoms in total. The second kappa shape index (κ2) is 8.19. The van der Waals surface area contributed by atoms with Crippen LogP contribution in [0.2, 0.25) is 0 Å². The van der Waals surface area contributed by atoms with Crippen LogP contribution in [0.4, 0.5) is 5.69 Å². The molecule has 5 heteroatoms. The van der Waals surface area contributed by atoms with Crippen LogP contribution in [0, 0.1) is 0 Å². The lowest BCUT2D eigenvalue weighted by Crippen LogP contribution is -2.08. The molecule has 3 rings (SSSR count). The van der Waals surface area contributed by atoms with Gasteiger partial charge in [0.15, 0.2) is 0 Å². The molecule has 3 aromatic carbocycles. The Balaban J connectivity index is 1.86. The highest BCUT2D eigenvalue weighted by Crippen LogP contribution is 2.33. The molecule has 0 atom stereocenters. The van der Waals surface area contributed by atoms with Gasteiger partial charge in [-0.05, 0) is 48.5 Å². The van der Waals surface area contributed by atoms with Crippen molar-refractivity contribution in [2.45, 2.75) is 0 Å². The molecule has 0 spiro atoms. The molecule has 0 aromatic heterocycles. The van der Waals surface area contributed by atoms with Crippen LogP contribution in [0.3, 0.4) is 0 Å². The Hall–Kier alpha value is -3.60. The molecule has 0 heterocycles. The average molecular weight is 361 g/mol. The fourth-order valence-electron chi connectivity index (χ4n) is 2.43. The van der Waals surface area contributed by atoms with Gasteiger partial charge in [-0.2, -0.15) is 0 Å². The molecule has 0 aliphatic heterocycles. The van der Waals surface area contributed by atoms with Crippen LogP contribution < -0.4 is 14.4 Å². The number of carbonyl (C=O) groups excluding carboxylic acids is 2. The summed E-state index contributed by atoms with van der Waals surface area (Å²) in [6.45, 7) is 0. The first-order chi connectivity index (χ1) is 13.1. The highest BCUT2D eigenvalue weighted by molar-refractivity contribution is 5.75. The van der Waals surface area contributed by atoms with Gasteiger partial charge in [-0.25, -0.2) is 0 Å². The molecule has 3 aromatic rings. The Morgan fingerprint density at radius 2 is 1.04 bits per heavy atom. The molecular weight excluding hydrogens is 342 g/mol. The summed E-state index contributed by atoms with van der Waals surface area (Å²) in [5.41, 5.74) is 2.09. The quantitative estimate of drug-likeness (QED) is 0.557. The zero-order valence-electron chi connectivity index (χ0n) is 15.1. The van der Waals surface area contributed by atoms with Crippen LogP contribution in [0.1, 0.15) is 20.7 Å². The molecule has 0 fully saturated rings. The number of aldehydes is 2. The predicted molar refractivity (Wildman–Crippen MR) is 105 cm³/mol. The summed E-state index contributed by atoms with van der Waals surface area (Å²) >= 11 is 0. The van der Waals surface area contributed by atoms with E-state index in [1.807, 2.05) is 31.1 Å². The standard InChI is InChI=1S/C22H19NO4/c1-23(2)18-11-21(26-19-7-3-16(14-24)4-8-19)13-22(12-18)27-20-9-5-17(15-25)6-10-20/h3-15H,1-2H3. The third kappa shape index (κ3) is 4.73. The summed E-state index contributed by atoms with van der Waals surface area (Å²) < 4.78 is 11.8. The number of benzene rings is 3. The Morgan fingerprint density at radius 1 is 0.630 bits per heavy atom. The van der Waals surface area contributed by atoms with Crippen LogP contribution >= 0.6 is 0 Å². The van der Waals surface area contributed by atoms with Crippen LogP contribution in [0.5, 0.6) is 23.0 Å². The Labute approximate surface area is 157 Å². The first kappa shape index (κ1) is 18.2. The van der Waals surface area contributed by atoms with E-state index in [-0.39, 0.29) is 0 Å². The average Bonchev–Trinajstić information content (AvgIpc) is 2.69.